The van der Waals surface area contributed by atoms with Gasteiger partial charge in [-0.2, -0.15) is 0 Å². The first-order chi connectivity index (χ1) is 11.6. The summed E-state index contributed by atoms with van der Waals surface area (Å²) in [5, 5.41) is 5.60. The standard InChI is InChI=1S/C18H26N2O3S/c1-3-23-18(22)16-14(13-6-7-13)11-24-17(16)19-15(21)10-20-8-4-5-12(2)9-20/h11-13H,3-10H2,1-2H3,(H,19,21)/t12-/m1/s1. The van der Waals surface area contributed by atoms with Crippen molar-refractivity contribution in [2.24, 2.45) is 5.92 Å². The molecule has 0 aromatic carbocycles. The highest BCUT2D eigenvalue weighted by Crippen LogP contribution is 2.46. The molecule has 0 bridgehead atoms. The molecule has 2 heterocycles. The maximum Gasteiger partial charge on any atom is 0.341 e. The Morgan fingerprint density at radius 2 is 2.17 bits per heavy atom. The fraction of sp³-hybridized carbons (Fsp3) is 0.667. The van der Waals surface area contributed by atoms with Gasteiger partial charge in [-0.15, -0.1) is 11.3 Å². The second kappa shape index (κ2) is 7.66. The number of rotatable bonds is 6. The Labute approximate surface area is 147 Å². The number of carbonyl (C=O) groups is 2. The Morgan fingerprint density at radius 1 is 1.38 bits per heavy atom. The van der Waals surface area contributed by atoms with E-state index in [1.165, 1.54) is 17.8 Å². The molecule has 6 heteroatoms. The number of hydrogen-bond donors (Lipinski definition) is 1. The van der Waals surface area contributed by atoms with Crippen molar-refractivity contribution in [1.29, 1.82) is 0 Å². The molecule has 0 spiro atoms. The molecule has 1 saturated heterocycles. The first-order valence-corrected chi connectivity index (χ1v) is 9.77. The number of anilines is 1. The highest BCUT2D eigenvalue weighted by Gasteiger charge is 2.32. The van der Waals surface area contributed by atoms with Crippen molar-refractivity contribution in [2.75, 3.05) is 31.6 Å². The van der Waals surface area contributed by atoms with Crippen molar-refractivity contribution in [3.63, 3.8) is 0 Å². The highest BCUT2D eigenvalue weighted by molar-refractivity contribution is 7.15. The quantitative estimate of drug-likeness (QED) is 0.798. The number of esters is 1. The molecule has 24 heavy (non-hydrogen) atoms. The van der Waals surface area contributed by atoms with Crippen LogP contribution >= 0.6 is 11.3 Å². The fourth-order valence-corrected chi connectivity index (χ4v) is 4.42. The number of likely N-dealkylation sites (tertiary alicyclic amines) is 1. The average molecular weight is 350 g/mol. The maximum absolute atomic E-state index is 12.4. The largest absolute Gasteiger partial charge is 0.462 e. The second-order valence-corrected chi connectivity index (χ2v) is 7.80. The first kappa shape index (κ1) is 17.4. The summed E-state index contributed by atoms with van der Waals surface area (Å²) in [4.78, 5) is 26.9. The van der Waals surface area contributed by atoms with Crippen LogP contribution in [0.15, 0.2) is 5.38 Å². The molecule has 2 aliphatic rings. The summed E-state index contributed by atoms with van der Waals surface area (Å²) in [7, 11) is 0. The van der Waals surface area contributed by atoms with Gasteiger partial charge in [0.1, 0.15) is 5.00 Å². The molecule has 1 aliphatic heterocycles. The number of carbonyl (C=O) groups excluding carboxylic acids is 2. The van der Waals surface area contributed by atoms with Gasteiger partial charge < -0.3 is 10.1 Å². The fourth-order valence-electron chi connectivity index (χ4n) is 3.37. The first-order valence-electron chi connectivity index (χ1n) is 8.89. The molecule has 1 amide bonds. The van der Waals surface area contributed by atoms with Crippen molar-refractivity contribution >= 4 is 28.2 Å². The van der Waals surface area contributed by atoms with Gasteiger partial charge in [0.25, 0.3) is 0 Å². The van der Waals surface area contributed by atoms with E-state index >= 15 is 0 Å². The molecule has 1 saturated carbocycles. The Morgan fingerprint density at radius 3 is 2.83 bits per heavy atom. The lowest BCUT2D eigenvalue weighted by Crippen LogP contribution is -2.39. The van der Waals surface area contributed by atoms with Crippen LogP contribution in [0.5, 0.6) is 0 Å². The van der Waals surface area contributed by atoms with E-state index < -0.39 is 0 Å². The molecule has 5 nitrogen and oxygen atoms in total. The van der Waals surface area contributed by atoms with Gasteiger partial charge >= 0.3 is 5.97 Å². The summed E-state index contributed by atoms with van der Waals surface area (Å²) in [5.74, 6) is 0.737. The van der Waals surface area contributed by atoms with Crippen molar-refractivity contribution < 1.29 is 14.3 Å². The second-order valence-electron chi connectivity index (χ2n) is 6.92. The normalized spacial score (nSPS) is 21.5. The monoisotopic (exact) mass is 350 g/mol. The number of amides is 1. The van der Waals surface area contributed by atoms with Gasteiger partial charge in [0, 0.05) is 6.54 Å². The number of hydrogen-bond acceptors (Lipinski definition) is 5. The van der Waals surface area contributed by atoms with E-state index in [0.29, 0.717) is 35.6 Å². The molecule has 1 aromatic heterocycles. The molecule has 1 aromatic rings. The molecule has 1 atom stereocenters. The number of nitrogens with one attached hydrogen (secondary N) is 1. The summed E-state index contributed by atoms with van der Waals surface area (Å²) in [5.41, 5.74) is 1.62. The van der Waals surface area contributed by atoms with Crippen LogP contribution in [0, 0.1) is 5.92 Å². The Kier molecular flexibility index (Phi) is 5.56. The zero-order chi connectivity index (χ0) is 17.1. The Bertz CT molecular complexity index is 609. The molecule has 3 rings (SSSR count). The van der Waals surface area contributed by atoms with Crippen LogP contribution in [0.25, 0.3) is 0 Å². The minimum atomic E-state index is -0.317. The zero-order valence-electron chi connectivity index (χ0n) is 14.5. The lowest BCUT2D eigenvalue weighted by atomic mass is 10.0. The predicted octanol–water partition coefficient (Wildman–Crippen LogP) is 3.47. The SMILES string of the molecule is CCOC(=O)c1c(C2CC2)csc1NC(=O)CN1CCC[C@@H](C)C1. The van der Waals surface area contributed by atoms with Crippen LogP contribution in [0.4, 0.5) is 5.00 Å². The summed E-state index contributed by atoms with van der Waals surface area (Å²) < 4.78 is 5.20. The molecule has 132 valence electrons. The number of thiophene rings is 1. The lowest BCUT2D eigenvalue weighted by Gasteiger charge is -2.30. The van der Waals surface area contributed by atoms with Crippen LogP contribution in [0.1, 0.15) is 61.4 Å². The minimum absolute atomic E-state index is 0.0427. The maximum atomic E-state index is 12.4. The molecule has 1 aliphatic carbocycles. The van der Waals surface area contributed by atoms with Crippen LogP contribution in [-0.2, 0) is 9.53 Å². The van der Waals surface area contributed by atoms with Crippen LogP contribution in [0.3, 0.4) is 0 Å². The predicted molar refractivity (Wildman–Crippen MR) is 95.7 cm³/mol. The van der Waals surface area contributed by atoms with E-state index in [1.807, 2.05) is 5.38 Å². The third-order valence-corrected chi connectivity index (χ3v) is 5.59. The molecular weight excluding hydrogens is 324 g/mol. The minimum Gasteiger partial charge on any atom is -0.462 e. The Hall–Kier alpha value is -1.40. The van der Waals surface area contributed by atoms with Crippen molar-refractivity contribution in [3.8, 4) is 0 Å². The van der Waals surface area contributed by atoms with Crippen molar-refractivity contribution in [3.05, 3.63) is 16.5 Å². The topological polar surface area (TPSA) is 58.6 Å². The average Bonchev–Trinajstić information content (AvgIpc) is 3.29. The molecule has 2 fully saturated rings. The van der Waals surface area contributed by atoms with Gasteiger partial charge in [-0.1, -0.05) is 6.92 Å². The van der Waals surface area contributed by atoms with Crippen molar-refractivity contribution in [2.45, 2.75) is 45.4 Å². The Balaban J connectivity index is 1.67. The molecule has 0 unspecified atom stereocenters. The van der Waals surface area contributed by atoms with E-state index in [2.05, 4.69) is 17.1 Å². The van der Waals surface area contributed by atoms with Crippen molar-refractivity contribution in [1.82, 2.24) is 4.90 Å². The van der Waals surface area contributed by atoms with Gasteiger partial charge in [-0.05, 0) is 61.9 Å². The van der Waals surface area contributed by atoms with Gasteiger partial charge in [0.15, 0.2) is 0 Å². The van der Waals surface area contributed by atoms with E-state index in [9.17, 15) is 9.59 Å². The number of ether oxygens (including phenoxy) is 1. The van der Waals surface area contributed by atoms with Crippen LogP contribution in [0.2, 0.25) is 0 Å². The van der Waals surface area contributed by atoms with Gasteiger partial charge in [0.05, 0.1) is 18.7 Å². The van der Waals surface area contributed by atoms with E-state index in [-0.39, 0.29) is 11.9 Å². The van der Waals surface area contributed by atoms with E-state index in [4.69, 9.17) is 4.74 Å². The lowest BCUT2D eigenvalue weighted by molar-refractivity contribution is -0.117. The molecule has 0 radical (unpaired) electrons. The third kappa shape index (κ3) is 4.16. The van der Waals surface area contributed by atoms with Crippen LogP contribution in [-0.4, -0.2) is 43.0 Å². The highest BCUT2D eigenvalue weighted by atomic mass is 32.1. The number of nitrogens with zero attached hydrogens (tertiary/aromatic N) is 1. The summed E-state index contributed by atoms with van der Waals surface area (Å²) in [6.07, 6.45) is 4.61. The smallest absolute Gasteiger partial charge is 0.341 e. The summed E-state index contributed by atoms with van der Waals surface area (Å²) in [6.45, 7) is 6.71. The zero-order valence-corrected chi connectivity index (χ0v) is 15.3. The van der Waals surface area contributed by atoms with E-state index in [0.717, 1.165) is 37.9 Å². The summed E-state index contributed by atoms with van der Waals surface area (Å²) in [6, 6.07) is 0. The molecular formula is C18H26N2O3S. The molecule has 1 N–H and O–H groups in total. The van der Waals surface area contributed by atoms with E-state index in [1.54, 1.807) is 6.92 Å². The summed E-state index contributed by atoms with van der Waals surface area (Å²) >= 11 is 1.44. The van der Waals surface area contributed by atoms with Gasteiger partial charge in [-0.3, -0.25) is 9.69 Å². The van der Waals surface area contributed by atoms with Gasteiger partial charge in [-0.25, -0.2) is 4.79 Å². The van der Waals surface area contributed by atoms with Gasteiger partial charge in [0.2, 0.25) is 5.91 Å². The third-order valence-electron chi connectivity index (χ3n) is 4.68. The number of piperidine rings is 1. The van der Waals surface area contributed by atoms with Crippen LogP contribution < -0.4 is 5.32 Å².